The van der Waals surface area contributed by atoms with Gasteiger partial charge in [-0.25, -0.2) is 0 Å². The molecule has 0 saturated carbocycles. The Bertz CT molecular complexity index is 371. The quantitative estimate of drug-likeness (QED) is 0.147. The molecule has 0 rings (SSSR count). The van der Waals surface area contributed by atoms with Crippen molar-refractivity contribution in [1.82, 2.24) is 0 Å². The molecule has 2 heteroatoms. The lowest BCUT2D eigenvalue weighted by atomic mass is 10.0. The van der Waals surface area contributed by atoms with Crippen molar-refractivity contribution >= 4 is 5.97 Å². The van der Waals surface area contributed by atoms with E-state index in [0.29, 0.717) is 6.42 Å². The summed E-state index contributed by atoms with van der Waals surface area (Å²) in [5, 5.41) is 8.58. The van der Waals surface area contributed by atoms with Crippen LogP contribution < -0.4 is 0 Å². The molecular formula is C26H48O2. The predicted molar refractivity (Wildman–Crippen MR) is 124 cm³/mol. The third-order valence-electron chi connectivity index (χ3n) is 5.32. The Kier molecular flexibility index (Phi) is 23.1. The van der Waals surface area contributed by atoms with Crippen LogP contribution in [0.15, 0.2) is 24.3 Å². The Morgan fingerprint density at radius 3 is 1.32 bits per heavy atom. The molecule has 0 fully saturated rings. The molecule has 28 heavy (non-hydrogen) atoms. The lowest BCUT2D eigenvalue weighted by Gasteiger charge is -2.03. The fourth-order valence-corrected chi connectivity index (χ4v) is 3.47. The Morgan fingerprint density at radius 2 is 0.893 bits per heavy atom. The molecule has 0 amide bonds. The summed E-state index contributed by atoms with van der Waals surface area (Å²) < 4.78 is 0. The number of aliphatic carboxylic acids is 1. The van der Waals surface area contributed by atoms with Gasteiger partial charge in [0.2, 0.25) is 0 Å². The fourth-order valence-electron chi connectivity index (χ4n) is 3.47. The van der Waals surface area contributed by atoms with Crippen LogP contribution in [0.2, 0.25) is 0 Å². The molecule has 0 aromatic heterocycles. The van der Waals surface area contributed by atoms with Gasteiger partial charge >= 0.3 is 5.97 Å². The molecule has 0 unspecified atom stereocenters. The largest absolute Gasteiger partial charge is 0.481 e. The highest BCUT2D eigenvalue weighted by molar-refractivity contribution is 5.66. The Hall–Kier alpha value is -1.05. The SMILES string of the molecule is CCCCC=CCCC=CCCCCCCCCCCCCCCCC(=O)O. The van der Waals surface area contributed by atoms with E-state index in [9.17, 15) is 4.79 Å². The summed E-state index contributed by atoms with van der Waals surface area (Å²) in [5.41, 5.74) is 0. The number of hydrogen-bond acceptors (Lipinski definition) is 1. The Balaban J connectivity index is 3.11. The van der Waals surface area contributed by atoms with E-state index in [2.05, 4.69) is 31.2 Å². The number of unbranched alkanes of at least 4 members (excludes halogenated alkanes) is 16. The van der Waals surface area contributed by atoms with E-state index in [-0.39, 0.29) is 0 Å². The van der Waals surface area contributed by atoms with E-state index < -0.39 is 5.97 Å². The molecule has 0 spiro atoms. The normalized spacial score (nSPS) is 11.8. The van der Waals surface area contributed by atoms with Gasteiger partial charge in [-0.05, 0) is 38.5 Å². The first-order valence-electron chi connectivity index (χ1n) is 12.3. The number of carboxylic acid groups (broad SMARTS) is 1. The number of carbonyl (C=O) groups is 1. The zero-order valence-corrected chi connectivity index (χ0v) is 18.8. The topological polar surface area (TPSA) is 37.3 Å². The standard InChI is InChI=1S/C26H48O2/c1-2-3-4-5-6-7-8-9-10-11-12-13-14-15-16-17-18-19-20-21-22-23-24-25-26(27)28/h5-6,9-10H,2-4,7-8,11-25H2,1H3,(H,27,28). The minimum absolute atomic E-state index is 0.340. The highest BCUT2D eigenvalue weighted by Crippen LogP contribution is 2.13. The summed E-state index contributed by atoms with van der Waals surface area (Å²) in [5.74, 6) is -0.655. The summed E-state index contributed by atoms with van der Waals surface area (Å²) in [6.07, 6.45) is 34.1. The van der Waals surface area contributed by atoms with Gasteiger partial charge in [0.1, 0.15) is 0 Å². The van der Waals surface area contributed by atoms with E-state index >= 15 is 0 Å². The molecule has 0 saturated heterocycles. The van der Waals surface area contributed by atoms with Crippen LogP contribution in [0.5, 0.6) is 0 Å². The predicted octanol–water partition coefficient (Wildman–Crippen LogP) is 9.01. The van der Waals surface area contributed by atoms with E-state index in [1.54, 1.807) is 0 Å². The molecule has 0 radical (unpaired) electrons. The van der Waals surface area contributed by atoms with Gasteiger partial charge in [-0.2, -0.15) is 0 Å². The van der Waals surface area contributed by atoms with Crippen molar-refractivity contribution in [2.45, 2.75) is 135 Å². The average Bonchev–Trinajstić information content (AvgIpc) is 2.68. The first-order valence-corrected chi connectivity index (χ1v) is 12.3. The third-order valence-corrected chi connectivity index (χ3v) is 5.32. The molecule has 2 nitrogen and oxygen atoms in total. The molecule has 164 valence electrons. The fraction of sp³-hybridized carbons (Fsp3) is 0.808. The number of carboxylic acids is 1. The Morgan fingerprint density at radius 1 is 0.536 bits per heavy atom. The second kappa shape index (κ2) is 24.0. The first-order chi connectivity index (χ1) is 13.8. The lowest BCUT2D eigenvalue weighted by Crippen LogP contribution is -1.93. The van der Waals surface area contributed by atoms with Gasteiger partial charge in [0.15, 0.2) is 0 Å². The van der Waals surface area contributed by atoms with Crippen molar-refractivity contribution in [3.63, 3.8) is 0 Å². The van der Waals surface area contributed by atoms with Crippen molar-refractivity contribution in [1.29, 1.82) is 0 Å². The van der Waals surface area contributed by atoms with Crippen molar-refractivity contribution in [3.05, 3.63) is 24.3 Å². The summed E-state index contributed by atoms with van der Waals surface area (Å²) >= 11 is 0. The van der Waals surface area contributed by atoms with Crippen LogP contribution >= 0.6 is 0 Å². The monoisotopic (exact) mass is 392 g/mol. The van der Waals surface area contributed by atoms with Gasteiger partial charge in [-0.3, -0.25) is 4.79 Å². The van der Waals surface area contributed by atoms with Gasteiger partial charge in [0, 0.05) is 6.42 Å². The zero-order chi connectivity index (χ0) is 20.5. The second-order valence-corrected chi connectivity index (χ2v) is 8.19. The maximum Gasteiger partial charge on any atom is 0.303 e. The van der Waals surface area contributed by atoms with Crippen molar-refractivity contribution in [2.24, 2.45) is 0 Å². The van der Waals surface area contributed by atoms with Crippen LogP contribution in [-0.2, 0) is 4.79 Å². The molecule has 0 heterocycles. The summed E-state index contributed by atoms with van der Waals surface area (Å²) in [4.78, 5) is 10.4. The molecule has 0 aromatic carbocycles. The van der Waals surface area contributed by atoms with Crippen LogP contribution in [-0.4, -0.2) is 11.1 Å². The summed E-state index contributed by atoms with van der Waals surface area (Å²) in [6, 6.07) is 0. The van der Waals surface area contributed by atoms with Crippen LogP contribution in [0.25, 0.3) is 0 Å². The minimum atomic E-state index is -0.655. The third kappa shape index (κ3) is 24.9. The molecule has 0 bridgehead atoms. The molecular weight excluding hydrogens is 344 g/mol. The van der Waals surface area contributed by atoms with Crippen molar-refractivity contribution in [3.8, 4) is 0 Å². The number of hydrogen-bond donors (Lipinski definition) is 1. The molecule has 0 aliphatic rings. The minimum Gasteiger partial charge on any atom is -0.481 e. The van der Waals surface area contributed by atoms with Gasteiger partial charge in [0.05, 0.1) is 0 Å². The molecule has 1 N–H and O–H groups in total. The molecule has 0 aromatic rings. The van der Waals surface area contributed by atoms with Crippen molar-refractivity contribution in [2.75, 3.05) is 0 Å². The van der Waals surface area contributed by atoms with Gasteiger partial charge < -0.3 is 5.11 Å². The van der Waals surface area contributed by atoms with E-state index in [0.717, 1.165) is 12.8 Å². The van der Waals surface area contributed by atoms with E-state index in [1.165, 1.54) is 109 Å². The van der Waals surface area contributed by atoms with Crippen LogP contribution in [0, 0.1) is 0 Å². The lowest BCUT2D eigenvalue weighted by molar-refractivity contribution is -0.137. The van der Waals surface area contributed by atoms with Gasteiger partial charge in [-0.1, -0.05) is 115 Å². The highest BCUT2D eigenvalue weighted by Gasteiger charge is 1.97. The Labute approximate surface area is 175 Å². The highest BCUT2D eigenvalue weighted by atomic mass is 16.4. The number of allylic oxidation sites excluding steroid dienone is 4. The van der Waals surface area contributed by atoms with E-state index in [1.807, 2.05) is 0 Å². The first kappa shape index (κ1) is 27.0. The summed E-state index contributed by atoms with van der Waals surface area (Å²) in [6.45, 7) is 2.25. The molecule has 0 aliphatic heterocycles. The smallest absolute Gasteiger partial charge is 0.303 e. The number of rotatable bonds is 22. The van der Waals surface area contributed by atoms with Gasteiger partial charge in [-0.15, -0.1) is 0 Å². The van der Waals surface area contributed by atoms with Gasteiger partial charge in [0.25, 0.3) is 0 Å². The maximum atomic E-state index is 10.4. The molecule has 0 aliphatic carbocycles. The average molecular weight is 393 g/mol. The summed E-state index contributed by atoms with van der Waals surface area (Å²) in [7, 11) is 0. The van der Waals surface area contributed by atoms with Crippen LogP contribution in [0.3, 0.4) is 0 Å². The molecule has 0 atom stereocenters. The maximum absolute atomic E-state index is 10.4. The van der Waals surface area contributed by atoms with E-state index in [4.69, 9.17) is 5.11 Å². The second-order valence-electron chi connectivity index (χ2n) is 8.19. The van der Waals surface area contributed by atoms with Crippen LogP contribution in [0.4, 0.5) is 0 Å². The zero-order valence-electron chi connectivity index (χ0n) is 18.8. The van der Waals surface area contributed by atoms with Crippen molar-refractivity contribution < 1.29 is 9.90 Å². The van der Waals surface area contributed by atoms with Crippen LogP contribution in [0.1, 0.15) is 135 Å².